The third kappa shape index (κ3) is 3.68. The van der Waals surface area contributed by atoms with E-state index in [4.69, 9.17) is 5.11 Å². The molecule has 0 radical (unpaired) electrons. The van der Waals surface area contributed by atoms with Gasteiger partial charge in [-0.3, -0.25) is 4.79 Å². The number of hydrogen-bond acceptors (Lipinski definition) is 5. The molecule has 3 aliphatic rings. The van der Waals surface area contributed by atoms with Crippen LogP contribution in [-0.4, -0.2) is 77.2 Å². The van der Waals surface area contributed by atoms with E-state index in [1.165, 1.54) is 4.31 Å². The maximum Gasteiger partial charge on any atom is 0.332 e. The number of nitrogens with zero attached hydrogens (tertiary/aromatic N) is 2. The zero-order chi connectivity index (χ0) is 18.2. The van der Waals surface area contributed by atoms with Crippen molar-refractivity contribution < 1.29 is 28.2 Å². The van der Waals surface area contributed by atoms with Crippen LogP contribution in [0.2, 0.25) is 0 Å². The number of carboxylic acids is 1. The smallest absolute Gasteiger partial charge is 0.332 e. The lowest BCUT2D eigenvalue weighted by Crippen LogP contribution is -2.62. The maximum atomic E-state index is 12.8. The number of carbonyl (C=O) groups excluding carboxylic acids is 1. The Balaban J connectivity index is 1.57. The second kappa shape index (κ2) is 7.20. The minimum atomic E-state index is -3.57. The van der Waals surface area contributed by atoms with Crippen molar-refractivity contribution in [3.63, 3.8) is 0 Å². The molecule has 2 heterocycles. The molecule has 3 fully saturated rings. The van der Waals surface area contributed by atoms with Crippen LogP contribution in [-0.2, 0) is 19.6 Å². The van der Waals surface area contributed by atoms with Crippen LogP contribution < -0.4 is 0 Å². The van der Waals surface area contributed by atoms with Gasteiger partial charge in [0.2, 0.25) is 15.9 Å². The Hall–Kier alpha value is -1.19. The average Bonchev–Trinajstić information content (AvgIpc) is 3.07. The van der Waals surface area contributed by atoms with Crippen molar-refractivity contribution >= 4 is 21.9 Å². The van der Waals surface area contributed by atoms with Crippen molar-refractivity contribution in [1.29, 1.82) is 0 Å². The third-order valence-electron chi connectivity index (χ3n) is 5.77. The Morgan fingerprint density at radius 2 is 1.64 bits per heavy atom. The van der Waals surface area contributed by atoms with Crippen molar-refractivity contribution in [3.8, 4) is 0 Å². The largest absolute Gasteiger partial charge is 0.479 e. The van der Waals surface area contributed by atoms with Crippen LogP contribution in [0.4, 0.5) is 0 Å². The standard InChI is InChI=1S/C16H26N2O6S/c19-14(16(21)22)12-6-3-7-18(8-12)25(23,24)13-9-17(10-13)15(20)11-4-1-2-5-11/h11-14,19H,1-10H2,(H,21,22). The van der Waals surface area contributed by atoms with E-state index in [0.717, 1.165) is 25.7 Å². The normalized spacial score (nSPS) is 27.9. The van der Waals surface area contributed by atoms with Gasteiger partial charge in [0.1, 0.15) is 5.25 Å². The highest BCUT2D eigenvalue weighted by molar-refractivity contribution is 7.89. The molecule has 0 aromatic rings. The third-order valence-corrected chi connectivity index (χ3v) is 7.96. The highest BCUT2D eigenvalue weighted by Crippen LogP contribution is 2.31. The van der Waals surface area contributed by atoms with Gasteiger partial charge in [-0.25, -0.2) is 17.5 Å². The first kappa shape index (κ1) is 18.6. The molecule has 0 aromatic heterocycles. The number of likely N-dealkylation sites (tertiary alicyclic amines) is 1. The molecule has 0 aromatic carbocycles. The summed E-state index contributed by atoms with van der Waals surface area (Å²) < 4.78 is 26.8. The van der Waals surface area contributed by atoms with Gasteiger partial charge in [-0.1, -0.05) is 12.8 Å². The number of aliphatic hydroxyl groups excluding tert-OH is 1. The number of aliphatic carboxylic acids is 1. The van der Waals surface area contributed by atoms with Crippen LogP contribution in [0, 0.1) is 11.8 Å². The van der Waals surface area contributed by atoms with Crippen LogP contribution in [0.1, 0.15) is 38.5 Å². The Bertz CT molecular complexity index is 625. The average molecular weight is 374 g/mol. The molecular weight excluding hydrogens is 348 g/mol. The molecule has 2 N–H and O–H groups in total. The molecule has 1 saturated carbocycles. The molecule has 9 heteroatoms. The second-order valence-corrected chi connectivity index (χ2v) is 9.65. The summed E-state index contributed by atoms with van der Waals surface area (Å²) in [6, 6.07) is 0. The monoisotopic (exact) mass is 374 g/mol. The number of aliphatic hydroxyl groups is 1. The van der Waals surface area contributed by atoms with Crippen LogP contribution in [0.15, 0.2) is 0 Å². The summed E-state index contributed by atoms with van der Waals surface area (Å²) in [5.74, 6) is -1.78. The molecule has 8 nitrogen and oxygen atoms in total. The highest BCUT2D eigenvalue weighted by atomic mass is 32.2. The van der Waals surface area contributed by atoms with Crippen LogP contribution >= 0.6 is 0 Å². The Morgan fingerprint density at radius 1 is 1.00 bits per heavy atom. The number of piperidine rings is 1. The van der Waals surface area contributed by atoms with Crippen molar-refractivity contribution in [2.45, 2.75) is 49.9 Å². The minimum Gasteiger partial charge on any atom is -0.479 e. The van der Waals surface area contributed by atoms with Crippen LogP contribution in [0.5, 0.6) is 0 Å². The minimum absolute atomic E-state index is 0.0306. The van der Waals surface area contributed by atoms with Crippen molar-refractivity contribution in [2.24, 2.45) is 11.8 Å². The SMILES string of the molecule is O=C(O)C(O)C1CCCN(S(=O)(=O)C2CN(C(=O)C3CCCC3)C2)C1. The van der Waals surface area contributed by atoms with E-state index in [2.05, 4.69) is 0 Å². The summed E-state index contributed by atoms with van der Waals surface area (Å²) in [6.07, 6.45) is 3.41. The van der Waals surface area contributed by atoms with Crippen molar-refractivity contribution in [2.75, 3.05) is 26.2 Å². The van der Waals surface area contributed by atoms with Gasteiger partial charge in [0, 0.05) is 38.0 Å². The molecule has 2 unspecified atom stereocenters. The number of carboxylic acid groups (broad SMARTS) is 1. The number of carbonyl (C=O) groups is 2. The number of rotatable bonds is 5. The fourth-order valence-corrected chi connectivity index (χ4v) is 6.05. The molecule has 142 valence electrons. The molecule has 25 heavy (non-hydrogen) atoms. The zero-order valence-corrected chi connectivity index (χ0v) is 15.0. The van der Waals surface area contributed by atoms with Crippen LogP contribution in [0.25, 0.3) is 0 Å². The van der Waals surface area contributed by atoms with E-state index in [0.29, 0.717) is 19.4 Å². The fraction of sp³-hybridized carbons (Fsp3) is 0.875. The van der Waals surface area contributed by atoms with E-state index in [1.54, 1.807) is 4.90 Å². The Kier molecular flexibility index (Phi) is 5.36. The van der Waals surface area contributed by atoms with Gasteiger partial charge in [0.05, 0.1) is 0 Å². The van der Waals surface area contributed by atoms with Gasteiger partial charge >= 0.3 is 5.97 Å². The van der Waals surface area contributed by atoms with Crippen molar-refractivity contribution in [3.05, 3.63) is 0 Å². The second-order valence-electron chi connectivity index (χ2n) is 7.43. The van der Waals surface area contributed by atoms with Gasteiger partial charge in [-0.05, 0) is 25.7 Å². The molecule has 2 saturated heterocycles. The lowest BCUT2D eigenvalue weighted by Gasteiger charge is -2.43. The lowest BCUT2D eigenvalue weighted by molar-refractivity contribution is -0.150. The highest BCUT2D eigenvalue weighted by Gasteiger charge is 2.46. The Morgan fingerprint density at radius 3 is 2.24 bits per heavy atom. The van der Waals surface area contributed by atoms with Gasteiger partial charge in [-0.15, -0.1) is 0 Å². The zero-order valence-electron chi connectivity index (χ0n) is 14.2. The van der Waals surface area contributed by atoms with Gasteiger partial charge in [0.25, 0.3) is 0 Å². The van der Waals surface area contributed by atoms with E-state index in [9.17, 15) is 23.1 Å². The molecule has 1 aliphatic carbocycles. The summed E-state index contributed by atoms with van der Waals surface area (Å²) in [5.41, 5.74) is 0. The first-order chi connectivity index (χ1) is 11.8. The maximum absolute atomic E-state index is 12.8. The molecule has 0 spiro atoms. The number of sulfonamides is 1. The molecule has 0 bridgehead atoms. The predicted molar refractivity (Wildman–Crippen MR) is 89.2 cm³/mol. The summed E-state index contributed by atoms with van der Waals surface area (Å²) in [5, 5.41) is 18.0. The fourth-order valence-electron chi connectivity index (χ4n) is 4.11. The molecule has 2 aliphatic heterocycles. The quantitative estimate of drug-likeness (QED) is 0.693. The molecule has 1 amide bonds. The number of hydrogen-bond donors (Lipinski definition) is 2. The summed E-state index contributed by atoms with van der Waals surface area (Å²) >= 11 is 0. The van der Waals surface area contributed by atoms with E-state index >= 15 is 0 Å². The summed E-state index contributed by atoms with van der Waals surface area (Å²) in [7, 11) is -3.57. The van der Waals surface area contributed by atoms with Gasteiger partial charge < -0.3 is 15.1 Å². The van der Waals surface area contributed by atoms with Gasteiger partial charge in [-0.2, -0.15) is 0 Å². The van der Waals surface area contributed by atoms with E-state index < -0.39 is 33.3 Å². The van der Waals surface area contributed by atoms with E-state index in [1.807, 2.05) is 0 Å². The summed E-state index contributed by atoms with van der Waals surface area (Å²) in [4.78, 5) is 24.9. The lowest BCUT2D eigenvalue weighted by atomic mass is 9.94. The Labute approximate surface area is 147 Å². The molecule has 3 rings (SSSR count). The molecule has 2 atom stereocenters. The van der Waals surface area contributed by atoms with Crippen LogP contribution in [0.3, 0.4) is 0 Å². The van der Waals surface area contributed by atoms with E-state index in [-0.39, 0.29) is 31.5 Å². The molecular formula is C16H26N2O6S. The first-order valence-corrected chi connectivity index (χ1v) is 10.5. The predicted octanol–water partition coefficient (Wildman–Crippen LogP) is -0.125. The number of amides is 1. The summed E-state index contributed by atoms with van der Waals surface area (Å²) in [6.45, 7) is 0.821. The first-order valence-electron chi connectivity index (χ1n) is 8.99. The topological polar surface area (TPSA) is 115 Å². The van der Waals surface area contributed by atoms with Crippen molar-refractivity contribution in [1.82, 2.24) is 9.21 Å². The van der Waals surface area contributed by atoms with Gasteiger partial charge in [0.15, 0.2) is 6.10 Å².